The fraction of sp³-hybridized carbons (Fsp3) is 0.200. The smallest absolute Gasteiger partial charge is 0.276 e. The molecule has 0 saturated heterocycles. The number of aliphatic imine (C=N–C) groups is 1. The molecule has 1 amide bonds. The standard InChI is InChI=1S/C15H12F3IN2O3/c16-10-3-2-9(15(23)21-24-6-5-22)14(13(10)18)20-12-4-1-8(19)7-11(12)17/h1-4,7,13,22H,5-6H2,(H,21,23)/b20-14-/t13-/m1/s1. The van der Waals surface area contributed by atoms with Crippen LogP contribution in [-0.4, -0.2) is 36.1 Å². The molecule has 0 aromatic heterocycles. The zero-order chi connectivity index (χ0) is 17.7. The van der Waals surface area contributed by atoms with Crippen LogP contribution in [0.2, 0.25) is 0 Å². The highest BCUT2D eigenvalue weighted by Crippen LogP contribution is 2.27. The number of alkyl halides is 1. The van der Waals surface area contributed by atoms with Gasteiger partial charge in [-0.05, 0) is 52.9 Å². The zero-order valence-electron chi connectivity index (χ0n) is 12.1. The monoisotopic (exact) mass is 452 g/mol. The summed E-state index contributed by atoms with van der Waals surface area (Å²) in [7, 11) is 0. The second-order valence-corrected chi connectivity index (χ2v) is 5.84. The van der Waals surface area contributed by atoms with E-state index < -0.39 is 29.4 Å². The van der Waals surface area contributed by atoms with E-state index in [9.17, 15) is 18.0 Å². The van der Waals surface area contributed by atoms with E-state index in [1.54, 1.807) is 6.07 Å². The van der Waals surface area contributed by atoms with Gasteiger partial charge in [-0.2, -0.15) is 0 Å². The van der Waals surface area contributed by atoms with Gasteiger partial charge in [-0.25, -0.2) is 23.6 Å². The molecule has 0 bridgehead atoms. The van der Waals surface area contributed by atoms with E-state index in [0.717, 1.165) is 12.2 Å². The van der Waals surface area contributed by atoms with Crippen molar-refractivity contribution in [2.75, 3.05) is 13.2 Å². The van der Waals surface area contributed by atoms with Crippen LogP contribution < -0.4 is 5.48 Å². The third kappa shape index (κ3) is 4.42. The zero-order valence-corrected chi connectivity index (χ0v) is 14.3. The molecular weight excluding hydrogens is 440 g/mol. The minimum Gasteiger partial charge on any atom is -0.394 e. The number of aliphatic hydroxyl groups excluding tert-OH is 1. The minimum absolute atomic E-state index is 0.180. The van der Waals surface area contributed by atoms with Crippen molar-refractivity contribution < 1.29 is 27.9 Å². The van der Waals surface area contributed by atoms with Crippen LogP contribution in [-0.2, 0) is 9.63 Å². The van der Waals surface area contributed by atoms with Crippen LogP contribution in [0.4, 0.5) is 18.9 Å². The second-order valence-electron chi connectivity index (χ2n) is 4.59. The first-order chi connectivity index (χ1) is 11.4. The van der Waals surface area contributed by atoms with Gasteiger partial charge in [0.2, 0.25) is 0 Å². The van der Waals surface area contributed by atoms with Crippen molar-refractivity contribution in [1.29, 1.82) is 0 Å². The van der Waals surface area contributed by atoms with Crippen molar-refractivity contribution in [1.82, 2.24) is 5.48 Å². The molecule has 1 aliphatic carbocycles. The maximum atomic E-state index is 14.1. The van der Waals surface area contributed by atoms with Gasteiger partial charge in [0.1, 0.15) is 11.6 Å². The lowest BCUT2D eigenvalue weighted by Crippen LogP contribution is -2.34. The summed E-state index contributed by atoms with van der Waals surface area (Å²) < 4.78 is 42.1. The molecule has 9 heteroatoms. The average molecular weight is 452 g/mol. The summed E-state index contributed by atoms with van der Waals surface area (Å²) in [6, 6.07) is 4.01. The van der Waals surface area contributed by atoms with Gasteiger partial charge in [0.15, 0.2) is 6.17 Å². The summed E-state index contributed by atoms with van der Waals surface area (Å²) in [5.74, 6) is -2.76. The molecule has 0 spiro atoms. The van der Waals surface area contributed by atoms with E-state index >= 15 is 0 Å². The Kier molecular flexibility index (Phi) is 6.52. The van der Waals surface area contributed by atoms with Gasteiger partial charge in [0, 0.05) is 3.57 Å². The molecule has 0 aliphatic heterocycles. The lowest BCUT2D eigenvalue weighted by Gasteiger charge is -2.17. The van der Waals surface area contributed by atoms with E-state index in [0.29, 0.717) is 3.57 Å². The quantitative estimate of drug-likeness (QED) is 0.410. The summed E-state index contributed by atoms with van der Waals surface area (Å²) in [5.41, 5.74) is 0.867. The number of hydrogen-bond donors (Lipinski definition) is 2. The summed E-state index contributed by atoms with van der Waals surface area (Å²) >= 11 is 1.89. The molecule has 0 radical (unpaired) electrons. The van der Waals surface area contributed by atoms with Gasteiger partial charge in [-0.15, -0.1) is 0 Å². The number of carbonyl (C=O) groups excluding carboxylic acids is 1. The number of benzene rings is 1. The molecular formula is C15H12F3IN2O3. The van der Waals surface area contributed by atoms with Crippen LogP contribution >= 0.6 is 22.6 Å². The summed E-state index contributed by atoms with van der Waals surface area (Å²) in [6.07, 6.45) is -0.492. The summed E-state index contributed by atoms with van der Waals surface area (Å²) in [5, 5.41) is 8.59. The lowest BCUT2D eigenvalue weighted by atomic mass is 9.99. The predicted octanol–water partition coefficient (Wildman–Crippen LogP) is 2.67. The van der Waals surface area contributed by atoms with Crippen LogP contribution in [0.3, 0.4) is 0 Å². The third-order valence-corrected chi connectivity index (χ3v) is 3.59. The summed E-state index contributed by atoms with van der Waals surface area (Å²) in [4.78, 5) is 20.4. The first-order valence-corrected chi connectivity index (χ1v) is 7.80. The largest absolute Gasteiger partial charge is 0.394 e. The lowest BCUT2D eigenvalue weighted by molar-refractivity contribution is -0.129. The number of hydrogen-bond acceptors (Lipinski definition) is 4. The molecule has 1 aliphatic rings. The number of hydroxylamine groups is 1. The Labute approximate surface area is 149 Å². The Balaban J connectivity index is 2.36. The third-order valence-electron chi connectivity index (χ3n) is 2.92. The molecule has 5 nitrogen and oxygen atoms in total. The number of rotatable bonds is 5. The van der Waals surface area contributed by atoms with Crippen LogP contribution in [0, 0.1) is 9.39 Å². The molecule has 0 saturated carbocycles. The van der Waals surface area contributed by atoms with Crippen LogP contribution in [0.15, 0.2) is 46.7 Å². The molecule has 0 heterocycles. The number of halogens is 4. The van der Waals surface area contributed by atoms with Crippen molar-refractivity contribution >= 4 is 39.9 Å². The van der Waals surface area contributed by atoms with E-state index in [2.05, 4.69) is 9.83 Å². The molecule has 128 valence electrons. The molecule has 1 atom stereocenters. The van der Waals surface area contributed by atoms with Crippen molar-refractivity contribution in [2.45, 2.75) is 6.17 Å². The number of nitrogens with zero attached hydrogens (tertiary/aromatic N) is 1. The average Bonchev–Trinajstić information content (AvgIpc) is 2.54. The molecule has 1 aromatic carbocycles. The van der Waals surface area contributed by atoms with Gasteiger partial charge in [-0.1, -0.05) is 0 Å². The van der Waals surface area contributed by atoms with Crippen molar-refractivity contribution in [3.8, 4) is 0 Å². The molecule has 1 aromatic rings. The van der Waals surface area contributed by atoms with Gasteiger partial charge < -0.3 is 5.11 Å². The highest BCUT2D eigenvalue weighted by molar-refractivity contribution is 14.1. The SMILES string of the molecule is O=C(NOCCO)C1=CC=C(F)[C@@H](F)/C1=N\c1ccc(I)cc1F. The maximum Gasteiger partial charge on any atom is 0.276 e. The first-order valence-electron chi connectivity index (χ1n) is 6.72. The number of aliphatic hydroxyl groups is 1. The van der Waals surface area contributed by atoms with Crippen molar-refractivity contribution in [2.24, 2.45) is 4.99 Å². The maximum absolute atomic E-state index is 14.1. The van der Waals surface area contributed by atoms with Gasteiger partial charge in [0.25, 0.3) is 5.91 Å². The van der Waals surface area contributed by atoms with E-state index in [1.165, 1.54) is 12.1 Å². The number of carbonyl (C=O) groups is 1. The van der Waals surface area contributed by atoms with Gasteiger partial charge in [0.05, 0.1) is 30.2 Å². The number of amides is 1. The molecule has 0 unspecified atom stereocenters. The Bertz CT molecular complexity index is 735. The minimum atomic E-state index is -2.30. The van der Waals surface area contributed by atoms with E-state index in [1.807, 2.05) is 28.1 Å². The molecule has 2 N–H and O–H groups in total. The van der Waals surface area contributed by atoms with Crippen LogP contribution in [0.1, 0.15) is 0 Å². The highest BCUT2D eigenvalue weighted by atomic mass is 127. The van der Waals surface area contributed by atoms with Crippen LogP contribution in [0.5, 0.6) is 0 Å². The van der Waals surface area contributed by atoms with Gasteiger partial charge >= 0.3 is 0 Å². The number of nitrogens with one attached hydrogen (secondary N) is 1. The van der Waals surface area contributed by atoms with E-state index in [-0.39, 0.29) is 24.5 Å². The van der Waals surface area contributed by atoms with Crippen molar-refractivity contribution in [3.63, 3.8) is 0 Å². The highest BCUT2D eigenvalue weighted by Gasteiger charge is 2.31. The normalized spacial score (nSPS) is 19.0. The Morgan fingerprint density at radius 2 is 2.12 bits per heavy atom. The molecule has 2 rings (SSSR count). The van der Waals surface area contributed by atoms with E-state index in [4.69, 9.17) is 5.11 Å². The van der Waals surface area contributed by atoms with Gasteiger partial charge in [-0.3, -0.25) is 9.63 Å². The fourth-order valence-electron chi connectivity index (χ4n) is 1.83. The Morgan fingerprint density at radius 1 is 1.38 bits per heavy atom. The Morgan fingerprint density at radius 3 is 2.79 bits per heavy atom. The number of allylic oxidation sites excluding steroid dienone is 3. The summed E-state index contributed by atoms with van der Waals surface area (Å²) in [6.45, 7) is -0.519. The second kappa shape index (κ2) is 8.40. The molecule has 24 heavy (non-hydrogen) atoms. The first kappa shape index (κ1) is 18.6. The topological polar surface area (TPSA) is 70.9 Å². The Hall–Kier alpha value is -1.72. The van der Waals surface area contributed by atoms with Crippen LogP contribution in [0.25, 0.3) is 0 Å². The molecule has 0 fully saturated rings. The fourth-order valence-corrected chi connectivity index (χ4v) is 2.28. The predicted molar refractivity (Wildman–Crippen MR) is 89.6 cm³/mol. The van der Waals surface area contributed by atoms with Crippen molar-refractivity contribution in [3.05, 3.63) is 51.1 Å².